The summed E-state index contributed by atoms with van der Waals surface area (Å²) in [6.07, 6.45) is 0.941. The molecule has 3 nitrogen and oxygen atoms in total. The van der Waals surface area contributed by atoms with E-state index in [9.17, 15) is 18.9 Å². The van der Waals surface area contributed by atoms with Crippen molar-refractivity contribution in [1.29, 1.82) is 0 Å². The molecular formula is C10H10BrF2NO2. The van der Waals surface area contributed by atoms with Crippen molar-refractivity contribution in [2.24, 2.45) is 0 Å². The topological polar surface area (TPSA) is 43.1 Å². The molecule has 0 N–H and O–H groups in total. The Bertz CT molecular complexity index is 412. The van der Waals surface area contributed by atoms with Crippen molar-refractivity contribution in [2.45, 2.75) is 24.6 Å². The van der Waals surface area contributed by atoms with E-state index in [4.69, 9.17) is 0 Å². The van der Waals surface area contributed by atoms with E-state index in [0.29, 0.717) is 6.07 Å². The maximum absolute atomic E-state index is 13.2. The van der Waals surface area contributed by atoms with Crippen LogP contribution in [-0.2, 0) is 6.42 Å². The number of alkyl halides is 1. The van der Waals surface area contributed by atoms with Gasteiger partial charge in [-0.1, -0.05) is 22.9 Å². The monoisotopic (exact) mass is 293 g/mol. The summed E-state index contributed by atoms with van der Waals surface area (Å²) in [6, 6.07) is 1.53. The Morgan fingerprint density at radius 2 is 2.12 bits per heavy atom. The van der Waals surface area contributed by atoms with Crippen LogP contribution in [0.1, 0.15) is 18.9 Å². The molecular weight excluding hydrogens is 284 g/mol. The normalized spacial score (nSPS) is 12.5. The Labute approximate surface area is 99.7 Å². The van der Waals surface area contributed by atoms with Gasteiger partial charge in [-0.3, -0.25) is 10.1 Å². The second-order valence-corrected chi connectivity index (χ2v) is 4.66. The Kier molecular flexibility index (Phi) is 4.35. The number of nitro benzene ring substituents is 1. The van der Waals surface area contributed by atoms with Gasteiger partial charge in [-0.15, -0.1) is 0 Å². The third-order valence-corrected chi connectivity index (χ3v) is 3.15. The Morgan fingerprint density at radius 3 is 2.62 bits per heavy atom. The smallest absolute Gasteiger partial charge is 0.258 e. The van der Waals surface area contributed by atoms with Crippen molar-refractivity contribution in [3.8, 4) is 0 Å². The second kappa shape index (κ2) is 5.34. The van der Waals surface area contributed by atoms with E-state index in [1.165, 1.54) is 0 Å². The molecule has 0 aliphatic heterocycles. The maximum Gasteiger partial charge on any atom is 0.308 e. The van der Waals surface area contributed by atoms with E-state index < -0.39 is 22.2 Å². The lowest BCUT2D eigenvalue weighted by Crippen LogP contribution is -2.06. The molecule has 0 saturated heterocycles. The maximum atomic E-state index is 13.2. The molecule has 1 atom stereocenters. The van der Waals surface area contributed by atoms with Crippen molar-refractivity contribution in [2.75, 3.05) is 0 Å². The summed E-state index contributed by atoms with van der Waals surface area (Å²) < 4.78 is 26.2. The zero-order chi connectivity index (χ0) is 12.3. The lowest BCUT2D eigenvalue weighted by atomic mass is 10.1. The molecule has 0 bridgehead atoms. The fourth-order valence-electron chi connectivity index (χ4n) is 1.36. The zero-order valence-corrected chi connectivity index (χ0v) is 10.1. The van der Waals surface area contributed by atoms with E-state index in [2.05, 4.69) is 15.9 Å². The fraction of sp³-hybridized carbons (Fsp3) is 0.400. The number of rotatable bonds is 4. The van der Waals surface area contributed by atoms with Crippen LogP contribution in [0.2, 0.25) is 0 Å². The van der Waals surface area contributed by atoms with Crippen LogP contribution >= 0.6 is 15.9 Å². The van der Waals surface area contributed by atoms with Gasteiger partial charge in [-0.2, -0.15) is 4.39 Å². The highest BCUT2D eigenvalue weighted by molar-refractivity contribution is 9.09. The molecule has 0 aliphatic carbocycles. The predicted octanol–water partition coefficient (Wildman–Crippen LogP) is 3.59. The highest BCUT2D eigenvalue weighted by Crippen LogP contribution is 2.27. The minimum absolute atomic E-state index is 0.0348. The van der Waals surface area contributed by atoms with Gasteiger partial charge in [-0.05, 0) is 18.9 Å². The highest BCUT2D eigenvalue weighted by Gasteiger charge is 2.22. The molecule has 1 unspecified atom stereocenters. The highest BCUT2D eigenvalue weighted by atomic mass is 79.9. The van der Waals surface area contributed by atoms with Crippen molar-refractivity contribution < 1.29 is 13.7 Å². The number of nitro groups is 1. The van der Waals surface area contributed by atoms with Crippen LogP contribution in [-0.4, -0.2) is 9.75 Å². The van der Waals surface area contributed by atoms with E-state index in [0.717, 1.165) is 12.5 Å². The van der Waals surface area contributed by atoms with E-state index >= 15 is 0 Å². The van der Waals surface area contributed by atoms with Crippen LogP contribution in [0.5, 0.6) is 0 Å². The molecule has 0 amide bonds. The summed E-state index contributed by atoms with van der Waals surface area (Å²) >= 11 is 3.28. The van der Waals surface area contributed by atoms with Gasteiger partial charge in [0, 0.05) is 16.5 Å². The zero-order valence-electron chi connectivity index (χ0n) is 8.54. The van der Waals surface area contributed by atoms with Crippen molar-refractivity contribution in [3.05, 3.63) is 39.4 Å². The Morgan fingerprint density at radius 1 is 1.50 bits per heavy atom. The van der Waals surface area contributed by atoms with Crippen LogP contribution in [0.25, 0.3) is 0 Å². The van der Waals surface area contributed by atoms with Gasteiger partial charge in [0.2, 0.25) is 5.82 Å². The van der Waals surface area contributed by atoms with Crippen molar-refractivity contribution in [1.82, 2.24) is 0 Å². The first-order chi connectivity index (χ1) is 7.45. The van der Waals surface area contributed by atoms with Crippen LogP contribution in [0.4, 0.5) is 14.5 Å². The molecule has 0 saturated carbocycles. The van der Waals surface area contributed by atoms with Gasteiger partial charge in [-0.25, -0.2) is 4.39 Å². The summed E-state index contributed by atoms with van der Waals surface area (Å²) in [7, 11) is 0. The van der Waals surface area contributed by atoms with Crippen molar-refractivity contribution in [3.63, 3.8) is 0 Å². The first kappa shape index (κ1) is 13.0. The number of halogens is 3. The SMILES string of the molecule is CCC(Br)Cc1cc(F)cc(F)c1[N+](=O)[O-]. The van der Waals surface area contributed by atoms with Gasteiger partial charge in [0.05, 0.1) is 4.92 Å². The molecule has 1 rings (SSSR count). The largest absolute Gasteiger partial charge is 0.308 e. The lowest BCUT2D eigenvalue weighted by molar-refractivity contribution is -0.388. The average Bonchev–Trinajstić information content (AvgIpc) is 2.15. The van der Waals surface area contributed by atoms with Gasteiger partial charge in [0.1, 0.15) is 5.82 Å². The van der Waals surface area contributed by atoms with E-state index in [1.807, 2.05) is 6.92 Å². The number of nitrogens with zero attached hydrogens (tertiary/aromatic N) is 1. The summed E-state index contributed by atoms with van der Waals surface area (Å²) in [4.78, 5) is 9.80. The molecule has 0 aliphatic rings. The third kappa shape index (κ3) is 2.98. The van der Waals surface area contributed by atoms with E-state index in [1.54, 1.807) is 0 Å². The summed E-state index contributed by atoms with van der Waals surface area (Å²) in [5.74, 6) is -1.93. The van der Waals surface area contributed by atoms with Gasteiger partial charge >= 0.3 is 5.69 Å². The number of benzene rings is 1. The fourth-order valence-corrected chi connectivity index (χ4v) is 1.71. The Balaban J connectivity index is 3.19. The first-order valence-electron chi connectivity index (χ1n) is 4.72. The average molecular weight is 294 g/mol. The summed E-state index contributed by atoms with van der Waals surface area (Å²) in [6.45, 7) is 1.88. The second-order valence-electron chi connectivity index (χ2n) is 3.36. The van der Waals surface area contributed by atoms with E-state index in [-0.39, 0.29) is 16.8 Å². The standard InChI is InChI=1S/C10H10BrF2NO2/c1-2-7(11)3-6-4-8(12)5-9(13)10(6)14(15)16/h4-5,7H,2-3H2,1H3. The number of hydrogen-bond acceptors (Lipinski definition) is 2. The van der Waals surface area contributed by atoms with Crippen LogP contribution in [0.15, 0.2) is 12.1 Å². The molecule has 0 radical (unpaired) electrons. The lowest BCUT2D eigenvalue weighted by Gasteiger charge is -2.08. The van der Waals surface area contributed by atoms with Crippen LogP contribution < -0.4 is 0 Å². The first-order valence-corrected chi connectivity index (χ1v) is 5.63. The van der Waals surface area contributed by atoms with Crippen LogP contribution in [0.3, 0.4) is 0 Å². The summed E-state index contributed by atoms with van der Waals surface area (Å²) in [5.41, 5.74) is -0.564. The molecule has 0 fully saturated rings. The molecule has 0 heterocycles. The summed E-state index contributed by atoms with van der Waals surface area (Å²) in [5, 5.41) is 10.7. The molecule has 6 heteroatoms. The molecule has 0 aromatic heterocycles. The molecule has 1 aromatic rings. The van der Waals surface area contributed by atoms with Gasteiger partial charge in [0.25, 0.3) is 0 Å². The predicted molar refractivity (Wildman–Crippen MR) is 59.7 cm³/mol. The molecule has 0 spiro atoms. The Hall–Kier alpha value is -1.04. The number of hydrogen-bond donors (Lipinski definition) is 0. The van der Waals surface area contributed by atoms with Crippen molar-refractivity contribution >= 4 is 21.6 Å². The minimum atomic E-state index is -1.13. The van der Waals surface area contributed by atoms with Crippen LogP contribution in [0, 0.1) is 21.7 Å². The minimum Gasteiger partial charge on any atom is -0.258 e. The molecule has 16 heavy (non-hydrogen) atoms. The molecule has 88 valence electrons. The quantitative estimate of drug-likeness (QED) is 0.484. The third-order valence-electron chi connectivity index (χ3n) is 2.17. The molecule has 1 aromatic carbocycles. The van der Waals surface area contributed by atoms with Gasteiger partial charge in [0.15, 0.2) is 0 Å². The van der Waals surface area contributed by atoms with Gasteiger partial charge < -0.3 is 0 Å².